The highest BCUT2D eigenvalue weighted by molar-refractivity contribution is 5.16. The summed E-state index contributed by atoms with van der Waals surface area (Å²) in [4.78, 5) is 2.56. The average Bonchev–Trinajstić information content (AvgIpc) is 2.47. The van der Waals surface area contributed by atoms with E-state index >= 15 is 0 Å². The minimum absolute atomic E-state index is 0.147. The smallest absolute Gasteiger partial charge is 0.123 e. The summed E-state index contributed by atoms with van der Waals surface area (Å²) in [5, 5.41) is 3.81. The molecule has 3 rings (SSSR count). The van der Waals surface area contributed by atoms with Gasteiger partial charge in [-0.15, -0.1) is 0 Å². The van der Waals surface area contributed by atoms with Gasteiger partial charge >= 0.3 is 0 Å². The fourth-order valence-electron chi connectivity index (χ4n) is 3.69. The lowest BCUT2D eigenvalue weighted by molar-refractivity contribution is 0.0573. The summed E-state index contributed by atoms with van der Waals surface area (Å²) in [6, 6.07) is 7.51. The van der Waals surface area contributed by atoms with Gasteiger partial charge in [-0.3, -0.25) is 4.90 Å². The van der Waals surface area contributed by atoms with Crippen LogP contribution in [0.15, 0.2) is 24.3 Å². The number of halogens is 1. The molecule has 1 N–H and O–H groups in total. The standard InChI is InChI=1S/C17H25FN2/c1-14-11-19-17(9-3-2-4-10-17)13-20(14)12-15-5-7-16(18)8-6-15/h5-8,14,19H,2-4,9-13H2,1H3. The van der Waals surface area contributed by atoms with Crippen molar-refractivity contribution in [2.45, 2.75) is 57.2 Å². The SMILES string of the molecule is CC1CNC2(CCCCC2)CN1Cc1ccc(F)cc1. The van der Waals surface area contributed by atoms with Crippen molar-refractivity contribution in [3.8, 4) is 0 Å². The molecule has 1 saturated heterocycles. The Kier molecular flexibility index (Phi) is 4.08. The van der Waals surface area contributed by atoms with Gasteiger partial charge in [0.05, 0.1) is 0 Å². The molecule has 110 valence electrons. The maximum absolute atomic E-state index is 13.0. The Hall–Kier alpha value is -0.930. The van der Waals surface area contributed by atoms with Gasteiger partial charge in [0, 0.05) is 31.2 Å². The van der Waals surface area contributed by atoms with Crippen LogP contribution in [-0.2, 0) is 6.54 Å². The lowest BCUT2D eigenvalue weighted by Crippen LogP contribution is -2.63. The Labute approximate surface area is 121 Å². The first-order valence-electron chi connectivity index (χ1n) is 7.90. The van der Waals surface area contributed by atoms with Crippen LogP contribution in [0.2, 0.25) is 0 Å². The van der Waals surface area contributed by atoms with Crippen LogP contribution < -0.4 is 5.32 Å². The van der Waals surface area contributed by atoms with Crippen molar-refractivity contribution < 1.29 is 4.39 Å². The zero-order valence-electron chi connectivity index (χ0n) is 12.4. The van der Waals surface area contributed by atoms with Gasteiger partial charge in [0.15, 0.2) is 0 Å². The van der Waals surface area contributed by atoms with E-state index in [0.29, 0.717) is 11.6 Å². The Morgan fingerprint density at radius 3 is 2.60 bits per heavy atom. The Morgan fingerprint density at radius 2 is 1.90 bits per heavy atom. The predicted molar refractivity (Wildman–Crippen MR) is 80.1 cm³/mol. The first-order chi connectivity index (χ1) is 9.67. The number of nitrogens with zero attached hydrogens (tertiary/aromatic N) is 1. The van der Waals surface area contributed by atoms with Crippen LogP contribution in [0, 0.1) is 5.82 Å². The first kappa shape index (κ1) is 14.0. The molecule has 1 atom stereocenters. The van der Waals surface area contributed by atoms with Gasteiger partial charge in [-0.25, -0.2) is 4.39 Å². The van der Waals surface area contributed by atoms with Gasteiger partial charge in [0.2, 0.25) is 0 Å². The van der Waals surface area contributed by atoms with E-state index in [9.17, 15) is 4.39 Å². The Morgan fingerprint density at radius 1 is 1.20 bits per heavy atom. The quantitative estimate of drug-likeness (QED) is 0.891. The van der Waals surface area contributed by atoms with Crippen molar-refractivity contribution in [3.63, 3.8) is 0 Å². The van der Waals surface area contributed by atoms with E-state index < -0.39 is 0 Å². The maximum atomic E-state index is 13.0. The van der Waals surface area contributed by atoms with Crippen molar-refractivity contribution in [1.29, 1.82) is 0 Å². The highest BCUT2D eigenvalue weighted by atomic mass is 19.1. The van der Waals surface area contributed by atoms with Crippen molar-refractivity contribution in [2.75, 3.05) is 13.1 Å². The topological polar surface area (TPSA) is 15.3 Å². The van der Waals surface area contributed by atoms with Gasteiger partial charge in [-0.05, 0) is 37.5 Å². The van der Waals surface area contributed by atoms with Crippen LogP contribution in [0.25, 0.3) is 0 Å². The zero-order chi connectivity index (χ0) is 14.0. The zero-order valence-corrected chi connectivity index (χ0v) is 12.4. The molecule has 3 heteroatoms. The number of piperazine rings is 1. The van der Waals surface area contributed by atoms with Gasteiger partial charge in [0.1, 0.15) is 5.82 Å². The molecule has 20 heavy (non-hydrogen) atoms. The summed E-state index contributed by atoms with van der Waals surface area (Å²) >= 11 is 0. The highest BCUT2D eigenvalue weighted by Crippen LogP contribution is 2.32. The molecule has 2 aliphatic rings. The summed E-state index contributed by atoms with van der Waals surface area (Å²) in [5.74, 6) is -0.147. The predicted octanol–water partition coefficient (Wildman–Crippen LogP) is 3.32. The molecule has 0 aromatic heterocycles. The Bertz CT molecular complexity index is 437. The van der Waals surface area contributed by atoms with Crippen molar-refractivity contribution in [2.24, 2.45) is 0 Å². The first-order valence-corrected chi connectivity index (χ1v) is 7.90. The highest BCUT2D eigenvalue weighted by Gasteiger charge is 2.38. The third-order valence-electron chi connectivity index (χ3n) is 5.01. The minimum Gasteiger partial charge on any atom is -0.308 e. The van der Waals surface area contributed by atoms with Crippen molar-refractivity contribution >= 4 is 0 Å². The van der Waals surface area contributed by atoms with Crippen LogP contribution in [0.1, 0.15) is 44.6 Å². The molecular formula is C17H25FN2. The number of hydrogen-bond acceptors (Lipinski definition) is 2. The molecule has 0 amide bonds. The molecule has 1 aromatic rings. The lowest BCUT2D eigenvalue weighted by Gasteiger charge is -2.49. The van der Waals surface area contributed by atoms with Crippen LogP contribution >= 0.6 is 0 Å². The normalized spacial score (nSPS) is 26.8. The second kappa shape index (κ2) is 5.82. The van der Waals surface area contributed by atoms with E-state index in [1.807, 2.05) is 12.1 Å². The third-order valence-corrected chi connectivity index (χ3v) is 5.01. The van der Waals surface area contributed by atoms with Crippen molar-refractivity contribution in [3.05, 3.63) is 35.6 Å². The summed E-state index contributed by atoms with van der Waals surface area (Å²) < 4.78 is 13.0. The second-order valence-corrected chi connectivity index (χ2v) is 6.60. The van der Waals surface area contributed by atoms with Crippen LogP contribution in [0.4, 0.5) is 4.39 Å². The molecule has 0 radical (unpaired) electrons. The maximum Gasteiger partial charge on any atom is 0.123 e. The molecule has 1 saturated carbocycles. The van der Waals surface area contributed by atoms with E-state index in [0.717, 1.165) is 19.6 Å². The average molecular weight is 276 g/mol. The van der Waals surface area contributed by atoms with E-state index in [1.165, 1.54) is 37.7 Å². The van der Waals surface area contributed by atoms with Crippen LogP contribution in [-0.4, -0.2) is 29.6 Å². The molecule has 1 heterocycles. The van der Waals surface area contributed by atoms with Gasteiger partial charge in [-0.1, -0.05) is 31.4 Å². The monoisotopic (exact) mass is 276 g/mol. The molecule has 1 aliphatic carbocycles. The summed E-state index contributed by atoms with van der Waals surface area (Å²) in [7, 11) is 0. The second-order valence-electron chi connectivity index (χ2n) is 6.60. The summed E-state index contributed by atoms with van der Waals surface area (Å²) in [6.45, 7) is 5.42. The molecule has 1 unspecified atom stereocenters. The van der Waals surface area contributed by atoms with Gasteiger partial charge in [-0.2, -0.15) is 0 Å². The van der Waals surface area contributed by atoms with Crippen molar-refractivity contribution in [1.82, 2.24) is 10.2 Å². The summed E-state index contributed by atoms with van der Waals surface area (Å²) in [5.41, 5.74) is 1.55. The minimum atomic E-state index is -0.147. The molecule has 1 spiro atoms. The van der Waals surface area contributed by atoms with E-state index in [1.54, 1.807) is 12.1 Å². The number of rotatable bonds is 2. The third kappa shape index (κ3) is 3.04. The lowest BCUT2D eigenvalue weighted by atomic mass is 9.79. The van der Waals surface area contributed by atoms with E-state index in [4.69, 9.17) is 0 Å². The molecule has 2 nitrogen and oxygen atoms in total. The molecule has 0 bridgehead atoms. The van der Waals surface area contributed by atoms with Crippen LogP contribution in [0.5, 0.6) is 0 Å². The molecule has 2 fully saturated rings. The van der Waals surface area contributed by atoms with Gasteiger partial charge in [0.25, 0.3) is 0 Å². The van der Waals surface area contributed by atoms with Gasteiger partial charge < -0.3 is 5.32 Å². The summed E-state index contributed by atoms with van der Waals surface area (Å²) in [6.07, 6.45) is 6.70. The number of nitrogens with one attached hydrogen (secondary N) is 1. The largest absolute Gasteiger partial charge is 0.308 e. The molecular weight excluding hydrogens is 251 g/mol. The molecule has 1 aromatic carbocycles. The Balaban J connectivity index is 1.69. The van der Waals surface area contributed by atoms with E-state index in [2.05, 4.69) is 17.1 Å². The van der Waals surface area contributed by atoms with E-state index in [-0.39, 0.29) is 5.82 Å². The van der Waals surface area contributed by atoms with Crippen LogP contribution in [0.3, 0.4) is 0 Å². The number of hydrogen-bond donors (Lipinski definition) is 1. The fraction of sp³-hybridized carbons (Fsp3) is 0.647. The fourth-order valence-corrected chi connectivity index (χ4v) is 3.69. The number of benzene rings is 1. The molecule has 1 aliphatic heterocycles.